The summed E-state index contributed by atoms with van der Waals surface area (Å²) in [5.41, 5.74) is -2.89. The van der Waals surface area contributed by atoms with E-state index in [1.807, 2.05) is 6.92 Å². The summed E-state index contributed by atoms with van der Waals surface area (Å²) in [6.45, 7) is 11.9. The molecule has 10 rings (SSSR count). The average molecular weight is 1190 g/mol. The molecule has 83 heavy (non-hydrogen) atoms. The molecule has 26 heteroatoms. The highest BCUT2D eigenvalue weighted by molar-refractivity contribution is 5.79. The molecule has 5 saturated heterocycles. The minimum Gasteiger partial charge on any atom is -0.432 e. The number of aliphatic hydroxyl groups excluding tert-OH is 15. The van der Waals surface area contributed by atoms with Gasteiger partial charge in [-0.25, -0.2) is 0 Å². The van der Waals surface area contributed by atoms with Gasteiger partial charge in [0.05, 0.1) is 56.8 Å². The second kappa shape index (κ2) is 23.6. The predicted molar refractivity (Wildman–Crippen MR) is 279 cm³/mol. The van der Waals surface area contributed by atoms with E-state index in [0.717, 1.165) is 5.57 Å². The van der Waals surface area contributed by atoms with E-state index < -0.39 is 214 Å². The Morgan fingerprint density at radius 3 is 1.73 bits per heavy atom. The van der Waals surface area contributed by atoms with Gasteiger partial charge in [0, 0.05) is 5.41 Å². The van der Waals surface area contributed by atoms with Crippen molar-refractivity contribution in [3.8, 4) is 0 Å². The number of carbonyl (C=O) groups is 1. The maximum Gasteiger partial charge on any atom is 0.315 e. The van der Waals surface area contributed by atoms with Gasteiger partial charge in [0.25, 0.3) is 0 Å². The van der Waals surface area contributed by atoms with Crippen molar-refractivity contribution in [2.75, 3.05) is 33.0 Å². The lowest BCUT2D eigenvalue weighted by molar-refractivity contribution is -0.377. The van der Waals surface area contributed by atoms with E-state index in [1.54, 1.807) is 0 Å². The van der Waals surface area contributed by atoms with Crippen molar-refractivity contribution in [1.29, 1.82) is 0 Å². The average Bonchev–Trinajstić information content (AvgIpc) is 0.741. The largest absolute Gasteiger partial charge is 0.432 e. The van der Waals surface area contributed by atoms with Crippen LogP contribution in [0.1, 0.15) is 106 Å². The summed E-state index contributed by atoms with van der Waals surface area (Å²) in [4.78, 5) is 15.4. The summed E-state index contributed by atoms with van der Waals surface area (Å²) in [6.07, 6.45) is -30.7. The summed E-state index contributed by atoms with van der Waals surface area (Å²) in [5.74, 6) is -1.27. The zero-order valence-electron chi connectivity index (χ0n) is 48.3. The maximum absolute atomic E-state index is 15.4. The molecular weight excluding hydrogens is 1100 g/mol. The molecule has 5 aliphatic carbocycles. The number of ether oxygens (including phenoxy) is 10. The normalized spacial score (nSPS) is 55.4. The third kappa shape index (κ3) is 10.7. The molecule has 0 aromatic carbocycles. The SMILES string of the molecule is C[C@@H]1O[C@@H](O[C@H]2[C@H](OC(=O)[C@]34CCC(C)(C)C[C@H]3C3=CC[C@@H]5[C@@]6(C)C[C@H](O)[C@H](O[C@@H]7O[C@H](CO)[C@@H](O)[C@H](O)[C@H]7O[C@@H]7OC[C@H](O)[C@H](O)[C@H]7O)[C@@](C)(CO)[C@@H]6CC[C@@]5(C)[C@]3(C)CC4)OC[C@H](O)[C@@H]2O)[C@H](O)[C@H](O[C@@H]2OC[C@@H](O)[C@H](O)[C@H]2O)[C@H]1O. The summed E-state index contributed by atoms with van der Waals surface area (Å²) in [7, 11) is 0. The first kappa shape index (κ1) is 64.2. The van der Waals surface area contributed by atoms with Crippen molar-refractivity contribution in [3.05, 3.63) is 11.6 Å². The Kier molecular flexibility index (Phi) is 18.2. The Hall–Kier alpha value is -1.75. The van der Waals surface area contributed by atoms with E-state index in [0.29, 0.717) is 51.4 Å². The fourth-order valence-electron chi connectivity index (χ4n) is 17.2. The summed E-state index contributed by atoms with van der Waals surface area (Å²) < 4.78 is 59.5. The highest BCUT2D eigenvalue weighted by atomic mass is 16.8. The lowest BCUT2D eigenvalue weighted by Crippen LogP contribution is -2.70. The molecule has 476 valence electrons. The third-order valence-corrected chi connectivity index (χ3v) is 22.4. The van der Waals surface area contributed by atoms with Gasteiger partial charge in [0.15, 0.2) is 31.3 Å². The molecule has 0 aromatic heterocycles. The van der Waals surface area contributed by atoms with E-state index >= 15 is 4.79 Å². The number of fused-ring (bicyclic) bond motifs is 7. The molecule has 0 unspecified atom stereocenters. The van der Waals surface area contributed by atoms with Gasteiger partial charge in [-0.05, 0) is 104 Å². The maximum atomic E-state index is 15.4. The third-order valence-electron chi connectivity index (χ3n) is 22.4. The van der Waals surface area contributed by atoms with Gasteiger partial charge < -0.3 is 124 Å². The molecule has 0 radical (unpaired) electrons. The van der Waals surface area contributed by atoms with Crippen LogP contribution in [0, 0.1) is 50.2 Å². The highest BCUT2D eigenvalue weighted by Gasteiger charge is 2.72. The lowest BCUT2D eigenvalue weighted by atomic mass is 9.33. The Morgan fingerprint density at radius 1 is 0.554 bits per heavy atom. The molecule has 32 atom stereocenters. The van der Waals surface area contributed by atoms with Crippen LogP contribution in [0.3, 0.4) is 0 Å². The van der Waals surface area contributed by atoms with Crippen LogP contribution in [-0.4, -0.2) is 263 Å². The fourth-order valence-corrected chi connectivity index (χ4v) is 17.2. The number of rotatable bonds is 12. The predicted octanol–water partition coefficient (Wildman–Crippen LogP) is -3.32. The summed E-state index contributed by atoms with van der Waals surface area (Å²) in [6, 6.07) is 0. The van der Waals surface area contributed by atoms with Crippen molar-refractivity contribution >= 4 is 5.97 Å². The van der Waals surface area contributed by atoms with Gasteiger partial charge in [-0.1, -0.05) is 53.2 Å². The van der Waals surface area contributed by atoms with Crippen LogP contribution in [0.25, 0.3) is 0 Å². The molecule has 0 bridgehead atoms. The fraction of sp³-hybridized carbons (Fsp3) is 0.947. The van der Waals surface area contributed by atoms with Crippen molar-refractivity contribution in [2.45, 2.75) is 254 Å². The Bertz CT molecular complexity index is 2320. The first-order valence-electron chi connectivity index (χ1n) is 29.7. The van der Waals surface area contributed by atoms with Crippen LogP contribution >= 0.6 is 0 Å². The number of hydrogen-bond acceptors (Lipinski definition) is 26. The van der Waals surface area contributed by atoms with E-state index in [-0.39, 0.29) is 29.6 Å². The molecule has 26 nitrogen and oxygen atoms in total. The minimum atomic E-state index is -1.85. The Balaban J connectivity index is 0.891. The van der Waals surface area contributed by atoms with Crippen LogP contribution in [0.15, 0.2) is 11.6 Å². The monoisotopic (exact) mass is 1190 g/mol. The minimum absolute atomic E-state index is 0.0723. The number of allylic oxidation sites excluding steroid dienone is 2. The van der Waals surface area contributed by atoms with E-state index in [1.165, 1.54) is 6.92 Å². The molecular formula is C57H92O26. The molecule has 0 spiro atoms. The second-order valence-corrected chi connectivity index (χ2v) is 27.7. The van der Waals surface area contributed by atoms with Crippen molar-refractivity contribution in [3.63, 3.8) is 0 Å². The van der Waals surface area contributed by atoms with Crippen LogP contribution in [0.2, 0.25) is 0 Å². The first-order valence-corrected chi connectivity index (χ1v) is 29.7. The zero-order valence-corrected chi connectivity index (χ0v) is 48.3. The quantitative estimate of drug-likeness (QED) is 0.0516. The van der Waals surface area contributed by atoms with E-state index in [4.69, 9.17) is 47.4 Å². The van der Waals surface area contributed by atoms with Crippen LogP contribution in [0.5, 0.6) is 0 Å². The van der Waals surface area contributed by atoms with E-state index in [2.05, 4.69) is 40.7 Å². The van der Waals surface area contributed by atoms with Crippen molar-refractivity contribution in [1.82, 2.24) is 0 Å². The van der Waals surface area contributed by atoms with Crippen LogP contribution in [-0.2, 0) is 52.2 Å². The number of carbonyl (C=O) groups excluding carboxylic acids is 1. The Morgan fingerprint density at radius 2 is 1.12 bits per heavy atom. The summed E-state index contributed by atoms with van der Waals surface area (Å²) in [5, 5.41) is 164. The van der Waals surface area contributed by atoms with E-state index in [9.17, 15) is 76.6 Å². The molecule has 0 aromatic rings. The summed E-state index contributed by atoms with van der Waals surface area (Å²) >= 11 is 0. The van der Waals surface area contributed by atoms with Crippen LogP contribution in [0.4, 0.5) is 0 Å². The van der Waals surface area contributed by atoms with Gasteiger partial charge in [0.2, 0.25) is 6.29 Å². The molecule has 9 fully saturated rings. The molecule has 4 saturated carbocycles. The number of esters is 1. The van der Waals surface area contributed by atoms with Crippen molar-refractivity contribution < 1.29 is 129 Å². The van der Waals surface area contributed by atoms with Gasteiger partial charge in [-0.3, -0.25) is 4.79 Å². The van der Waals surface area contributed by atoms with Gasteiger partial charge in [-0.15, -0.1) is 0 Å². The zero-order chi connectivity index (χ0) is 60.4. The van der Waals surface area contributed by atoms with Crippen molar-refractivity contribution in [2.24, 2.45) is 50.2 Å². The van der Waals surface area contributed by atoms with Gasteiger partial charge >= 0.3 is 5.97 Å². The number of aliphatic hydroxyl groups is 15. The highest BCUT2D eigenvalue weighted by Crippen LogP contribution is 2.76. The first-order chi connectivity index (χ1) is 38.9. The molecule has 15 N–H and O–H groups in total. The Labute approximate surface area is 482 Å². The van der Waals surface area contributed by atoms with Crippen LogP contribution < -0.4 is 0 Å². The topological polar surface area (TPSA) is 413 Å². The molecule has 5 heterocycles. The molecule has 0 amide bonds. The second-order valence-electron chi connectivity index (χ2n) is 27.7. The lowest BCUT2D eigenvalue weighted by Gasteiger charge is -2.72. The molecule has 5 aliphatic heterocycles. The molecule has 10 aliphatic rings. The van der Waals surface area contributed by atoms with Gasteiger partial charge in [-0.2, -0.15) is 0 Å². The smallest absolute Gasteiger partial charge is 0.315 e. The standard InChI is InChI=1S/C57H92O26/c1-23-33(64)42(79-46-39(70)34(65)27(61)19-74-46)41(72)48(77-23)81-43-36(67)29(63)21-76-49(43)83-51(73)57-14-12-52(2,3)16-25(57)24-8-9-32-53(4)17-26(60)45(54(5,22-59)31(53)10-11-56(32,7)55(24,6)13-15-57)82-50-44(38(69)37(68)30(18-58)78-50)80-47-40(71)35(66)28(62)20-75-47/h8,23,25-50,58-72H,9-22H2,1-7H3/t23-,25-,26-,27+,28-,29-,30+,31+,32+,33-,34-,35-,36-,37+,38-,39+,40+,41+,42+,43+,44+,45-,46-,47-,48-,49-,50-,53-,54-,55+,56+,57-/m0/s1. The number of hydrogen-bond donors (Lipinski definition) is 15. The van der Waals surface area contributed by atoms with Gasteiger partial charge in [0.1, 0.15) is 91.6 Å².